The predicted molar refractivity (Wildman–Crippen MR) is 112 cm³/mol. The number of hydrogen-bond donors (Lipinski definition) is 3. The number of methoxy groups -OCH3 is 3. The lowest BCUT2D eigenvalue weighted by Crippen LogP contribution is -2.24. The van der Waals surface area contributed by atoms with E-state index >= 15 is 0 Å². The molecule has 29 heavy (non-hydrogen) atoms. The fourth-order valence-electron chi connectivity index (χ4n) is 2.65. The fourth-order valence-corrected chi connectivity index (χ4v) is 2.65. The monoisotopic (exact) mass is 401 g/mol. The van der Waals surface area contributed by atoms with Gasteiger partial charge in [-0.05, 0) is 24.6 Å². The van der Waals surface area contributed by atoms with Crippen molar-refractivity contribution in [2.24, 2.45) is 0 Å². The second-order valence-corrected chi connectivity index (χ2v) is 6.15. The summed E-state index contributed by atoms with van der Waals surface area (Å²) < 4.78 is 15.8. The van der Waals surface area contributed by atoms with Crippen LogP contribution in [-0.4, -0.2) is 46.2 Å². The van der Waals surface area contributed by atoms with Crippen molar-refractivity contribution in [2.75, 3.05) is 45.1 Å². The predicted octanol–water partition coefficient (Wildman–Crippen LogP) is 2.90. The molecule has 0 atom stereocenters. The lowest BCUT2D eigenvalue weighted by molar-refractivity contribution is -0.114. The molecule has 3 N–H and O–H groups in total. The van der Waals surface area contributed by atoms with Crippen LogP contribution in [0.4, 0.5) is 11.4 Å². The Morgan fingerprint density at radius 2 is 1.62 bits per heavy atom. The van der Waals surface area contributed by atoms with Gasteiger partial charge in [-0.3, -0.25) is 9.59 Å². The third-order valence-electron chi connectivity index (χ3n) is 4.06. The molecule has 0 aromatic heterocycles. The Kier molecular flexibility index (Phi) is 8.14. The third kappa shape index (κ3) is 6.03. The molecule has 0 spiro atoms. The van der Waals surface area contributed by atoms with Crippen LogP contribution in [0.15, 0.2) is 36.4 Å². The third-order valence-corrected chi connectivity index (χ3v) is 4.06. The molecule has 0 heterocycles. The smallest absolute Gasteiger partial charge is 0.251 e. The minimum Gasteiger partial charge on any atom is -0.493 e. The number of anilines is 2. The van der Waals surface area contributed by atoms with Crippen LogP contribution >= 0.6 is 0 Å². The Morgan fingerprint density at radius 3 is 2.21 bits per heavy atom. The molecule has 2 amide bonds. The summed E-state index contributed by atoms with van der Waals surface area (Å²) in [5.41, 5.74) is 1.72. The van der Waals surface area contributed by atoms with Gasteiger partial charge in [0.25, 0.3) is 5.91 Å². The second-order valence-electron chi connectivity index (χ2n) is 6.15. The topological polar surface area (TPSA) is 97.9 Å². The Morgan fingerprint density at radius 1 is 0.931 bits per heavy atom. The van der Waals surface area contributed by atoms with E-state index in [1.54, 1.807) is 36.4 Å². The zero-order valence-corrected chi connectivity index (χ0v) is 17.1. The van der Waals surface area contributed by atoms with Crippen LogP contribution in [0.2, 0.25) is 0 Å². The van der Waals surface area contributed by atoms with E-state index in [1.165, 1.54) is 21.3 Å². The Labute approximate surface area is 170 Å². The van der Waals surface area contributed by atoms with Gasteiger partial charge in [0, 0.05) is 35.6 Å². The molecule has 8 heteroatoms. The zero-order valence-electron chi connectivity index (χ0n) is 17.1. The maximum Gasteiger partial charge on any atom is 0.251 e. The normalized spacial score (nSPS) is 10.1. The first kappa shape index (κ1) is 21.9. The van der Waals surface area contributed by atoms with E-state index in [9.17, 15) is 9.59 Å². The molecule has 0 saturated heterocycles. The Balaban J connectivity index is 2.01. The van der Waals surface area contributed by atoms with Crippen LogP contribution in [0.3, 0.4) is 0 Å². The summed E-state index contributed by atoms with van der Waals surface area (Å²) in [5.74, 6) is 0.934. The van der Waals surface area contributed by atoms with Crippen LogP contribution < -0.4 is 30.2 Å². The number of amides is 2. The average molecular weight is 401 g/mol. The largest absolute Gasteiger partial charge is 0.493 e. The van der Waals surface area contributed by atoms with Crippen LogP contribution in [0.25, 0.3) is 0 Å². The van der Waals surface area contributed by atoms with Crippen molar-refractivity contribution in [2.45, 2.75) is 13.3 Å². The summed E-state index contributed by atoms with van der Waals surface area (Å²) in [6.45, 7) is 2.63. The highest BCUT2D eigenvalue weighted by molar-refractivity contribution is 5.96. The molecule has 0 saturated carbocycles. The van der Waals surface area contributed by atoms with E-state index < -0.39 is 0 Å². The molecule has 156 valence electrons. The van der Waals surface area contributed by atoms with Gasteiger partial charge >= 0.3 is 0 Å². The number of nitrogens with one attached hydrogen (secondary N) is 3. The number of ether oxygens (including phenoxy) is 3. The minimum absolute atomic E-state index is 0.0245. The molecule has 2 aromatic carbocycles. The molecule has 2 rings (SSSR count). The quantitative estimate of drug-likeness (QED) is 0.566. The summed E-state index contributed by atoms with van der Waals surface area (Å²) in [6, 6.07) is 10.3. The molecule has 0 aliphatic heterocycles. The standard InChI is InChI=1S/C21H27N3O5/c1-5-9-22-21(26)14-7-6-8-15(10-14)23-13-19(25)24-16-11-17(27-2)20(29-4)18(12-16)28-3/h6-8,10-12,23H,5,9,13H2,1-4H3,(H,22,26)(H,24,25). The molecule has 0 radical (unpaired) electrons. The van der Waals surface area contributed by atoms with E-state index in [0.29, 0.717) is 40.7 Å². The van der Waals surface area contributed by atoms with Crippen LogP contribution in [0.5, 0.6) is 17.2 Å². The van der Waals surface area contributed by atoms with Crippen molar-refractivity contribution in [3.8, 4) is 17.2 Å². The molecule has 2 aromatic rings. The summed E-state index contributed by atoms with van der Waals surface area (Å²) in [7, 11) is 4.53. The Hall–Kier alpha value is -3.42. The maximum absolute atomic E-state index is 12.3. The van der Waals surface area contributed by atoms with E-state index in [2.05, 4.69) is 16.0 Å². The number of benzene rings is 2. The van der Waals surface area contributed by atoms with Gasteiger partial charge < -0.3 is 30.2 Å². The van der Waals surface area contributed by atoms with E-state index in [1.807, 2.05) is 6.92 Å². The molecular weight excluding hydrogens is 374 g/mol. The second kappa shape index (κ2) is 10.8. The van der Waals surface area contributed by atoms with Gasteiger partial charge in [0.05, 0.1) is 27.9 Å². The highest BCUT2D eigenvalue weighted by Gasteiger charge is 2.14. The molecule has 0 aliphatic carbocycles. The lowest BCUT2D eigenvalue weighted by atomic mass is 10.2. The first-order valence-corrected chi connectivity index (χ1v) is 9.24. The van der Waals surface area contributed by atoms with Gasteiger partial charge in [-0.1, -0.05) is 13.0 Å². The van der Waals surface area contributed by atoms with Crippen molar-refractivity contribution in [3.63, 3.8) is 0 Å². The first-order chi connectivity index (χ1) is 14.0. The van der Waals surface area contributed by atoms with Crippen molar-refractivity contribution in [1.29, 1.82) is 0 Å². The lowest BCUT2D eigenvalue weighted by Gasteiger charge is -2.15. The van der Waals surface area contributed by atoms with E-state index in [0.717, 1.165) is 6.42 Å². The van der Waals surface area contributed by atoms with Gasteiger partial charge in [0.1, 0.15) is 0 Å². The van der Waals surface area contributed by atoms with Crippen molar-refractivity contribution < 1.29 is 23.8 Å². The highest BCUT2D eigenvalue weighted by atomic mass is 16.5. The molecule has 0 aliphatic rings. The zero-order chi connectivity index (χ0) is 21.2. The van der Waals surface area contributed by atoms with Crippen molar-refractivity contribution >= 4 is 23.2 Å². The maximum atomic E-state index is 12.3. The molecule has 0 bridgehead atoms. The Bertz CT molecular complexity index is 829. The van der Waals surface area contributed by atoms with Crippen LogP contribution in [0.1, 0.15) is 23.7 Å². The van der Waals surface area contributed by atoms with Gasteiger partial charge in [0.15, 0.2) is 11.5 Å². The number of carbonyl (C=O) groups is 2. The number of rotatable bonds is 10. The minimum atomic E-state index is -0.264. The van der Waals surface area contributed by atoms with E-state index in [-0.39, 0.29) is 18.4 Å². The SMILES string of the molecule is CCCNC(=O)c1cccc(NCC(=O)Nc2cc(OC)c(OC)c(OC)c2)c1. The van der Waals surface area contributed by atoms with Crippen molar-refractivity contribution in [1.82, 2.24) is 5.32 Å². The fraction of sp³-hybridized carbons (Fsp3) is 0.333. The summed E-state index contributed by atoms with van der Waals surface area (Å²) in [4.78, 5) is 24.4. The van der Waals surface area contributed by atoms with Gasteiger partial charge in [-0.2, -0.15) is 0 Å². The van der Waals surface area contributed by atoms with E-state index in [4.69, 9.17) is 14.2 Å². The van der Waals surface area contributed by atoms with Gasteiger partial charge in [-0.15, -0.1) is 0 Å². The summed E-state index contributed by atoms with van der Waals surface area (Å²) >= 11 is 0. The molecule has 0 unspecified atom stereocenters. The van der Waals surface area contributed by atoms with Gasteiger partial charge in [-0.25, -0.2) is 0 Å². The van der Waals surface area contributed by atoms with Crippen LogP contribution in [-0.2, 0) is 4.79 Å². The summed E-state index contributed by atoms with van der Waals surface area (Å²) in [6.07, 6.45) is 0.866. The summed E-state index contributed by atoms with van der Waals surface area (Å²) in [5, 5.41) is 8.62. The highest BCUT2D eigenvalue weighted by Crippen LogP contribution is 2.39. The van der Waals surface area contributed by atoms with Gasteiger partial charge in [0.2, 0.25) is 11.7 Å². The number of hydrogen-bond acceptors (Lipinski definition) is 6. The molecule has 8 nitrogen and oxygen atoms in total. The molecule has 0 fully saturated rings. The van der Waals surface area contributed by atoms with Crippen LogP contribution in [0, 0.1) is 0 Å². The van der Waals surface area contributed by atoms with Crippen molar-refractivity contribution in [3.05, 3.63) is 42.0 Å². The number of carbonyl (C=O) groups excluding carboxylic acids is 2. The average Bonchev–Trinajstić information content (AvgIpc) is 2.75. The molecular formula is C21H27N3O5. The first-order valence-electron chi connectivity index (χ1n) is 9.24.